The van der Waals surface area contributed by atoms with E-state index in [0.717, 1.165) is 12.8 Å². The van der Waals surface area contributed by atoms with Crippen molar-refractivity contribution in [1.29, 1.82) is 0 Å². The highest BCUT2D eigenvalue weighted by atomic mass is 16.6. The second-order valence-electron chi connectivity index (χ2n) is 5.85. The minimum atomic E-state index is -0.745. The molecule has 4 unspecified atom stereocenters. The molecule has 6 heteroatoms. The number of hydrogen-bond donors (Lipinski definition) is 0. The first-order valence-electron chi connectivity index (χ1n) is 7.21. The largest absolute Gasteiger partial charge is 0.462 e. The Hall–Kier alpha value is -1.95. The minimum Gasteiger partial charge on any atom is -0.462 e. The van der Waals surface area contributed by atoms with E-state index in [1.165, 1.54) is 6.92 Å². The van der Waals surface area contributed by atoms with E-state index in [1.807, 2.05) is 0 Å². The van der Waals surface area contributed by atoms with Crippen LogP contribution in [0, 0.1) is 11.8 Å². The fraction of sp³-hybridized carbons (Fsp3) is 0.562. The third-order valence-corrected chi connectivity index (χ3v) is 3.99. The molecular formula is C16H20O6. The van der Waals surface area contributed by atoms with Gasteiger partial charge in [-0.1, -0.05) is 13.2 Å². The third-order valence-electron chi connectivity index (χ3n) is 3.99. The molecule has 0 N–H and O–H groups in total. The van der Waals surface area contributed by atoms with Crippen molar-refractivity contribution in [2.75, 3.05) is 6.61 Å². The van der Waals surface area contributed by atoms with E-state index >= 15 is 0 Å². The topological polar surface area (TPSA) is 78.9 Å². The van der Waals surface area contributed by atoms with E-state index in [2.05, 4.69) is 13.2 Å². The smallest absolute Gasteiger partial charge is 0.340 e. The van der Waals surface area contributed by atoms with Gasteiger partial charge in [-0.25, -0.2) is 9.59 Å². The van der Waals surface area contributed by atoms with Crippen molar-refractivity contribution in [3.05, 3.63) is 24.3 Å². The van der Waals surface area contributed by atoms with Gasteiger partial charge >= 0.3 is 17.9 Å². The fourth-order valence-electron chi connectivity index (χ4n) is 2.85. The van der Waals surface area contributed by atoms with E-state index in [1.54, 1.807) is 6.92 Å². The van der Waals surface area contributed by atoms with Crippen LogP contribution in [0.2, 0.25) is 0 Å². The molecule has 2 bridgehead atoms. The number of fused-ring (bicyclic) bond motifs is 2. The van der Waals surface area contributed by atoms with E-state index in [-0.39, 0.29) is 30.3 Å². The molecule has 2 fully saturated rings. The zero-order valence-corrected chi connectivity index (χ0v) is 12.8. The molecule has 0 aromatic carbocycles. The van der Waals surface area contributed by atoms with Gasteiger partial charge in [0.15, 0.2) is 0 Å². The molecule has 0 aromatic heterocycles. The first-order chi connectivity index (χ1) is 10.3. The number of carbonyl (C=O) groups is 3. The van der Waals surface area contributed by atoms with Crippen LogP contribution >= 0.6 is 0 Å². The molecule has 6 nitrogen and oxygen atoms in total. The van der Waals surface area contributed by atoms with Crippen molar-refractivity contribution < 1.29 is 28.6 Å². The molecule has 4 atom stereocenters. The van der Waals surface area contributed by atoms with E-state index in [0.29, 0.717) is 5.57 Å². The summed E-state index contributed by atoms with van der Waals surface area (Å²) in [6, 6.07) is 0. The molecule has 0 amide bonds. The molecule has 0 saturated carbocycles. The van der Waals surface area contributed by atoms with Crippen LogP contribution in [0.1, 0.15) is 26.7 Å². The molecule has 2 rings (SSSR count). The summed E-state index contributed by atoms with van der Waals surface area (Å²) in [4.78, 5) is 35.2. The molecule has 2 heterocycles. The highest BCUT2D eigenvalue weighted by Crippen LogP contribution is 2.44. The lowest BCUT2D eigenvalue weighted by Gasteiger charge is -2.25. The molecule has 22 heavy (non-hydrogen) atoms. The molecule has 0 radical (unpaired) electrons. The first-order valence-corrected chi connectivity index (χ1v) is 7.21. The standard InChI is InChI=1S/C16H20O6/c1-8(2)14(17)20-7-10-11-5-6-12(21-11)13(10)16(19)22-15(18)9(3)4/h10-13H,1,3,5-7H2,2,4H3. The van der Waals surface area contributed by atoms with Gasteiger partial charge < -0.3 is 14.2 Å². The summed E-state index contributed by atoms with van der Waals surface area (Å²) >= 11 is 0. The van der Waals surface area contributed by atoms with Gasteiger partial charge in [0.25, 0.3) is 0 Å². The van der Waals surface area contributed by atoms with E-state index in [4.69, 9.17) is 14.2 Å². The summed E-state index contributed by atoms with van der Waals surface area (Å²) < 4.78 is 15.7. The van der Waals surface area contributed by atoms with Crippen molar-refractivity contribution in [1.82, 2.24) is 0 Å². The summed E-state index contributed by atoms with van der Waals surface area (Å²) in [7, 11) is 0. The maximum atomic E-state index is 12.2. The zero-order valence-electron chi connectivity index (χ0n) is 12.8. The molecule has 0 aromatic rings. The summed E-state index contributed by atoms with van der Waals surface area (Å²) in [5.41, 5.74) is 0.448. The van der Waals surface area contributed by atoms with Gasteiger partial charge in [-0.2, -0.15) is 0 Å². The normalized spacial score (nSPS) is 29.0. The van der Waals surface area contributed by atoms with E-state index < -0.39 is 23.8 Å². The fourth-order valence-corrected chi connectivity index (χ4v) is 2.85. The molecule has 0 aliphatic carbocycles. The molecule has 0 spiro atoms. The predicted octanol–water partition coefficient (Wildman–Crippen LogP) is 1.55. The van der Waals surface area contributed by atoms with E-state index in [9.17, 15) is 14.4 Å². The number of ether oxygens (including phenoxy) is 3. The number of carbonyl (C=O) groups excluding carboxylic acids is 3. The highest BCUT2D eigenvalue weighted by molar-refractivity contribution is 5.96. The third kappa shape index (κ3) is 3.27. The van der Waals surface area contributed by atoms with Crippen LogP contribution in [0.5, 0.6) is 0 Å². The van der Waals surface area contributed by atoms with Crippen molar-refractivity contribution >= 4 is 17.9 Å². The van der Waals surface area contributed by atoms with Crippen LogP contribution in [0.4, 0.5) is 0 Å². The van der Waals surface area contributed by atoms with Crippen molar-refractivity contribution in [3.8, 4) is 0 Å². The summed E-state index contributed by atoms with van der Waals surface area (Å²) in [5, 5.41) is 0. The quantitative estimate of drug-likeness (QED) is 0.435. The van der Waals surface area contributed by atoms with Crippen LogP contribution in [-0.2, 0) is 28.6 Å². The molecule has 2 saturated heterocycles. The van der Waals surface area contributed by atoms with Gasteiger partial charge in [-0.05, 0) is 26.7 Å². The molecule has 120 valence electrons. The predicted molar refractivity (Wildman–Crippen MR) is 76.6 cm³/mol. The van der Waals surface area contributed by atoms with Crippen LogP contribution in [0.25, 0.3) is 0 Å². The minimum absolute atomic E-state index is 0.0495. The van der Waals surface area contributed by atoms with Gasteiger partial charge in [-0.15, -0.1) is 0 Å². The lowest BCUT2D eigenvalue weighted by atomic mass is 9.79. The molecule has 2 aliphatic rings. The van der Waals surface area contributed by atoms with Crippen LogP contribution in [0.3, 0.4) is 0 Å². The Labute approximate surface area is 129 Å². The van der Waals surface area contributed by atoms with Gasteiger partial charge in [0.05, 0.1) is 24.7 Å². The lowest BCUT2D eigenvalue weighted by molar-refractivity contribution is -0.163. The number of esters is 3. The first kappa shape index (κ1) is 16.4. The van der Waals surface area contributed by atoms with Crippen LogP contribution in [-0.4, -0.2) is 36.7 Å². The summed E-state index contributed by atoms with van der Waals surface area (Å²) in [6.45, 7) is 10.0. The average Bonchev–Trinajstić information content (AvgIpc) is 3.04. The van der Waals surface area contributed by atoms with Crippen molar-refractivity contribution in [3.63, 3.8) is 0 Å². The highest BCUT2D eigenvalue weighted by Gasteiger charge is 2.53. The van der Waals surface area contributed by atoms with Gasteiger partial charge in [0, 0.05) is 17.1 Å². The lowest BCUT2D eigenvalue weighted by Crippen LogP contribution is -2.38. The van der Waals surface area contributed by atoms with Crippen LogP contribution < -0.4 is 0 Å². The Morgan fingerprint density at radius 3 is 2.23 bits per heavy atom. The van der Waals surface area contributed by atoms with Crippen molar-refractivity contribution in [2.45, 2.75) is 38.9 Å². The Bertz CT molecular complexity index is 535. The number of hydrogen-bond acceptors (Lipinski definition) is 6. The van der Waals surface area contributed by atoms with Crippen molar-refractivity contribution in [2.24, 2.45) is 11.8 Å². The Morgan fingerprint density at radius 2 is 1.64 bits per heavy atom. The molecular weight excluding hydrogens is 288 g/mol. The maximum Gasteiger partial charge on any atom is 0.340 e. The maximum absolute atomic E-state index is 12.2. The Morgan fingerprint density at radius 1 is 1.05 bits per heavy atom. The Balaban J connectivity index is 2.02. The zero-order chi connectivity index (χ0) is 16.4. The molecule has 2 aliphatic heterocycles. The van der Waals surface area contributed by atoms with Crippen LogP contribution in [0.15, 0.2) is 24.3 Å². The second kappa shape index (κ2) is 6.44. The monoisotopic (exact) mass is 308 g/mol. The number of rotatable bonds is 5. The van der Waals surface area contributed by atoms with Gasteiger partial charge in [-0.3, -0.25) is 4.79 Å². The Kier molecular flexibility index (Phi) is 4.81. The second-order valence-corrected chi connectivity index (χ2v) is 5.85. The van der Waals surface area contributed by atoms with Gasteiger partial charge in [0.1, 0.15) is 0 Å². The van der Waals surface area contributed by atoms with Gasteiger partial charge in [0.2, 0.25) is 0 Å². The summed E-state index contributed by atoms with van der Waals surface area (Å²) in [5.74, 6) is -2.79. The SMILES string of the molecule is C=C(C)C(=O)OCC1C2CCC(O2)C1C(=O)OC(=O)C(=C)C. The average molecular weight is 308 g/mol. The summed E-state index contributed by atoms with van der Waals surface area (Å²) in [6.07, 6.45) is 1.10.